The van der Waals surface area contributed by atoms with Gasteiger partial charge in [0, 0.05) is 30.8 Å². The third-order valence-corrected chi connectivity index (χ3v) is 8.49. The standard InChI is InChI=1S/C31H35FN4O2/c1-20-27-18-33-36(25-13-11-24(32)12-14-25)29(27)17-23-10-9-22(30(20)23)16-28(21-6-3-2-4-7-21)34-31(38)35-15-5-8-26(37)19-35/h2-4,6-7,11-14,17-18,20,22,26,28,33,37H,5,8-10,15-16,19H2,1H3,(H,34,38)/t20-,22+,26?,28?/m0/s1. The summed E-state index contributed by atoms with van der Waals surface area (Å²) in [6.07, 6.45) is 8.38. The minimum atomic E-state index is -0.445. The number of piperidine rings is 1. The van der Waals surface area contributed by atoms with Crippen molar-refractivity contribution >= 4 is 11.7 Å². The van der Waals surface area contributed by atoms with Crippen LogP contribution in [0.1, 0.15) is 50.6 Å². The van der Waals surface area contributed by atoms with E-state index in [0.29, 0.717) is 19.0 Å². The number of aliphatic hydroxyl groups is 1. The van der Waals surface area contributed by atoms with Gasteiger partial charge in [-0.1, -0.05) is 42.8 Å². The zero-order chi connectivity index (χ0) is 26.2. The number of fused-ring (bicyclic) bond motifs is 1. The molecule has 2 amide bonds. The number of carbonyl (C=O) groups is 1. The fraction of sp³-hybridized carbons (Fsp3) is 0.387. The molecule has 198 valence electrons. The number of nitrogens with one attached hydrogen (secondary N) is 2. The van der Waals surface area contributed by atoms with Gasteiger partial charge in [-0.3, -0.25) is 5.01 Å². The van der Waals surface area contributed by atoms with E-state index in [2.05, 4.69) is 42.1 Å². The van der Waals surface area contributed by atoms with Gasteiger partial charge in [0.1, 0.15) is 5.82 Å². The number of hydrogen-bond donors (Lipinski definition) is 3. The summed E-state index contributed by atoms with van der Waals surface area (Å²) in [5.41, 5.74) is 10.6. The molecule has 7 heteroatoms. The highest BCUT2D eigenvalue weighted by molar-refractivity contribution is 5.75. The molecule has 2 aliphatic heterocycles. The number of β-amino-alcohol motifs (C(OH)–C–C–N with tert-alkyl or cyclic N) is 1. The lowest BCUT2D eigenvalue weighted by Gasteiger charge is -2.34. The molecule has 2 aromatic rings. The van der Waals surface area contributed by atoms with Crippen LogP contribution in [0.25, 0.3) is 0 Å². The normalized spacial score (nSPS) is 25.3. The van der Waals surface area contributed by atoms with Gasteiger partial charge in [0.2, 0.25) is 0 Å². The quantitative estimate of drug-likeness (QED) is 0.488. The molecule has 2 aliphatic carbocycles. The third kappa shape index (κ3) is 4.71. The molecule has 4 atom stereocenters. The lowest BCUT2D eigenvalue weighted by Crippen LogP contribution is -2.48. The number of hydrazine groups is 1. The number of carbonyl (C=O) groups excluding carboxylic acids is 1. The van der Waals surface area contributed by atoms with Crippen molar-refractivity contribution in [3.8, 4) is 0 Å². The minimum Gasteiger partial charge on any atom is -0.391 e. The third-order valence-electron chi connectivity index (χ3n) is 8.49. The number of anilines is 1. The zero-order valence-corrected chi connectivity index (χ0v) is 21.7. The number of allylic oxidation sites excluding steroid dienone is 4. The molecule has 1 fully saturated rings. The molecular weight excluding hydrogens is 479 g/mol. The number of urea groups is 1. The van der Waals surface area contributed by atoms with E-state index >= 15 is 0 Å². The zero-order valence-electron chi connectivity index (χ0n) is 21.7. The first-order valence-corrected chi connectivity index (χ1v) is 13.7. The fourth-order valence-corrected chi connectivity index (χ4v) is 6.59. The topological polar surface area (TPSA) is 67.8 Å². The number of nitrogens with zero attached hydrogens (tertiary/aromatic N) is 2. The molecule has 1 saturated heterocycles. The summed E-state index contributed by atoms with van der Waals surface area (Å²) >= 11 is 0. The largest absolute Gasteiger partial charge is 0.391 e. The van der Waals surface area contributed by atoms with Crippen molar-refractivity contribution in [1.82, 2.24) is 15.6 Å². The van der Waals surface area contributed by atoms with Crippen LogP contribution in [0.2, 0.25) is 0 Å². The molecule has 38 heavy (non-hydrogen) atoms. The maximum atomic E-state index is 13.5. The first-order chi connectivity index (χ1) is 18.5. The lowest BCUT2D eigenvalue weighted by molar-refractivity contribution is 0.0830. The van der Waals surface area contributed by atoms with E-state index in [0.717, 1.165) is 49.1 Å². The monoisotopic (exact) mass is 514 g/mol. The Bertz CT molecular complexity index is 1290. The predicted octanol–water partition coefficient (Wildman–Crippen LogP) is 5.57. The Labute approximate surface area is 223 Å². The molecule has 2 unspecified atom stereocenters. The highest BCUT2D eigenvalue weighted by atomic mass is 19.1. The van der Waals surface area contributed by atoms with Gasteiger partial charge in [0.05, 0.1) is 23.5 Å². The Hall–Kier alpha value is -3.58. The Balaban J connectivity index is 1.24. The molecule has 6 nitrogen and oxygen atoms in total. The second kappa shape index (κ2) is 10.3. The SMILES string of the molecule is C[C@H]1C2=CNN(c3ccc(F)cc3)C2=CC2=C1[C@@H](CC(NC(=O)N1CCCC(O)C1)c1ccccc1)CC2. The van der Waals surface area contributed by atoms with Crippen molar-refractivity contribution in [2.75, 3.05) is 18.1 Å². The van der Waals surface area contributed by atoms with Gasteiger partial charge >= 0.3 is 6.03 Å². The van der Waals surface area contributed by atoms with Gasteiger partial charge in [-0.05, 0) is 79.5 Å². The highest BCUT2D eigenvalue weighted by Crippen LogP contribution is 2.49. The van der Waals surface area contributed by atoms with Crippen LogP contribution in [0.15, 0.2) is 89.3 Å². The number of likely N-dealkylation sites (tertiary alicyclic amines) is 1. The van der Waals surface area contributed by atoms with Crippen LogP contribution >= 0.6 is 0 Å². The maximum Gasteiger partial charge on any atom is 0.317 e. The van der Waals surface area contributed by atoms with Crippen LogP contribution in [0.4, 0.5) is 14.9 Å². The van der Waals surface area contributed by atoms with Crippen molar-refractivity contribution in [1.29, 1.82) is 0 Å². The predicted molar refractivity (Wildman–Crippen MR) is 146 cm³/mol. The van der Waals surface area contributed by atoms with Crippen LogP contribution in [-0.2, 0) is 0 Å². The van der Waals surface area contributed by atoms with E-state index in [4.69, 9.17) is 0 Å². The Morgan fingerprint density at radius 2 is 1.95 bits per heavy atom. The van der Waals surface area contributed by atoms with Crippen molar-refractivity contribution < 1.29 is 14.3 Å². The van der Waals surface area contributed by atoms with Crippen molar-refractivity contribution in [3.05, 3.63) is 101 Å². The lowest BCUT2D eigenvalue weighted by atomic mass is 9.78. The smallest absolute Gasteiger partial charge is 0.317 e. The van der Waals surface area contributed by atoms with E-state index < -0.39 is 6.10 Å². The van der Waals surface area contributed by atoms with Crippen molar-refractivity contribution in [3.63, 3.8) is 0 Å². The maximum absolute atomic E-state index is 13.5. The van der Waals surface area contributed by atoms with Gasteiger partial charge < -0.3 is 20.7 Å². The van der Waals surface area contributed by atoms with E-state index in [1.165, 1.54) is 28.9 Å². The number of amides is 2. The molecule has 3 N–H and O–H groups in total. The second-order valence-corrected chi connectivity index (χ2v) is 10.9. The van der Waals surface area contributed by atoms with Crippen LogP contribution in [0.5, 0.6) is 0 Å². The molecule has 0 aromatic heterocycles. The summed E-state index contributed by atoms with van der Waals surface area (Å²) in [5, 5.41) is 15.4. The number of halogens is 1. The van der Waals surface area contributed by atoms with Gasteiger partial charge in [0.25, 0.3) is 0 Å². The number of aliphatic hydroxyl groups excluding tert-OH is 1. The summed E-state index contributed by atoms with van der Waals surface area (Å²) in [6.45, 7) is 3.34. The van der Waals surface area contributed by atoms with Gasteiger partial charge in [-0.2, -0.15) is 0 Å². The van der Waals surface area contributed by atoms with Gasteiger partial charge in [-0.15, -0.1) is 0 Å². The summed E-state index contributed by atoms with van der Waals surface area (Å²) in [7, 11) is 0. The summed E-state index contributed by atoms with van der Waals surface area (Å²) in [6, 6.07) is 16.6. The Morgan fingerprint density at radius 1 is 1.16 bits per heavy atom. The fourth-order valence-electron chi connectivity index (χ4n) is 6.59. The molecule has 6 rings (SSSR count). The molecule has 4 aliphatic rings. The molecule has 2 aromatic carbocycles. The van der Waals surface area contributed by atoms with Crippen molar-refractivity contribution in [2.45, 2.75) is 51.2 Å². The van der Waals surface area contributed by atoms with Crippen LogP contribution in [-0.4, -0.2) is 35.2 Å². The first kappa shape index (κ1) is 24.7. The molecule has 0 saturated carbocycles. The average Bonchev–Trinajstić information content (AvgIpc) is 3.54. The Kier molecular flexibility index (Phi) is 6.70. The van der Waals surface area contributed by atoms with E-state index in [1.54, 1.807) is 17.0 Å². The van der Waals surface area contributed by atoms with E-state index in [9.17, 15) is 14.3 Å². The molecule has 0 bridgehead atoms. The van der Waals surface area contributed by atoms with Crippen molar-refractivity contribution in [2.24, 2.45) is 11.8 Å². The average molecular weight is 515 g/mol. The van der Waals surface area contributed by atoms with E-state index in [1.807, 2.05) is 23.2 Å². The minimum absolute atomic E-state index is 0.0960. The van der Waals surface area contributed by atoms with Crippen LogP contribution in [0, 0.1) is 17.7 Å². The Morgan fingerprint density at radius 3 is 2.71 bits per heavy atom. The highest BCUT2D eigenvalue weighted by Gasteiger charge is 2.39. The summed E-state index contributed by atoms with van der Waals surface area (Å²) < 4.78 is 13.5. The van der Waals surface area contributed by atoms with Crippen LogP contribution in [0.3, 0.4) is 0 Å². The van der Waals surface area contributed by atoms with Gasteiger partial charge in [0.15, 0.2) is 0 Å². The second-order valence-electron chi connectivity index (χ2n) is 10.9. The van der Waals surface area contributed by atoms with Gasteiger partial charge in [-0.25, -0.2) is 9.18 Å². The summed E-state index contributed by atoms with van der Waals surface area (Å²) in [5.74, 6) is 0.364. The van der Waals surface area contributed by atoms with E-state index in [-0.39, 0.29) is 23.8 Å². The van der Waals surface area contributed by atoms with Crippen LogP contribution < -0.4 is 15.8 Å². The molecule has 0 spiro atoms. The number of rotatable bonds is 5. The number of benzene rings is 2. The molecular formula is C31H35FN4O2. The molecule has 0 radical (unpaired) electrons. The molecule has 2 heterocycles. The summed E-state index contributed by atoms with van der Waals surface area (Å²) in [4.78, 5) is 15.0. The first-order valence-electron chi connectivity index (χ1n) is 13.7. The number of hydrogen-bond acceptors (Lipinski definition) is 4.